The maximum Gasteiger partial charge on any atom is 0.227 e. The van der Waals surface area contributed by atoms with Crippen LogP contribution in [-0.4, -0.2) is 41.0 Å². The number of nitrogen functional groups attached to an aromatic ring is 1. The number of para-hydroxylation sites is 1. The van der Waals surface area contributed by atoms with Gasteiger partial charge >= 0.3 is 0 Å². The number of benzene rings is 2. The molecule has 1 saturated heterocycles. The number of aromatic nitrogens is 2. The van der Waals surface area contributed by atoms with Gasteiger partial charge in [-0.15, -0.1) is 0 Å². The van der Waals surface area contributed by atoms with Crippen molar-refractivity contribution in [3.63, 3.8) is 0 Å². The van der Waals surface area contributed by atoms with Crippen molar-refractivity contribution in [1.29, 1.82) is 0 Å². The molecule has 1 aliphatic heterocycles. The Morgan fingerprint density at radius 2 is 1.76 bits per heavy atom. The fourth-order valence-electron chi connectivity index (χ4n) is 3.40. The van der Waals surface area contributed by atoms with E-state index in [0.29, 0.717) is 5.82 Å². The number of hydrogen-bond acceptors (Lipinski definition) is 5. The van der Waals surface area contributed by atoms with Crippen molar-refractivity contribution in [2.75, 3.05) is 36.8 Å². The number of anilines is 2. The van der Waals surface area contributed by atoms with Gasteiger partial charge in [-0.1, -0.05) is 42.0 Å². The highest BCUT2D eigenvalue weighted by molar-refractivity contribution is 5.88. The molecule has 2 N–H and O–H groups in total. The Bertz CT molecular complexity index is 884. The molecule has 3 aromatic rings. The minimum Gasteiger partial charge on any atom is -0.383 e. The van der Waals surface area contributed by atoms with Crippen LogP contribution in [0.4, 0.5) is 11.8 Å². The van der Waals surface area contributed by atoms with E-state index >= 15 is 0 Å². The highest BCUT2D eigenvalue weighted by Crippen LogP contribution is 2.22. The zero-order valence-electron chi connectivity index (χ0n) is 14.5. The van der Waals surface area contributed by atoms with Crippen LogP contribution in [0.15, 0.2) is 48.5 Å². The van der Waals surface area contributed by atoms with Crippen LogP contribution in [0.1, 0.15) is 11.1 Å². The number of nitrogens with zero attached hydrogens (tertiary/aromatic N) is 4. The van der Waals surface area contributed by atoms with Crippen LogP contribution in [-0.2, 0) is 6.54 Å². The lowest BCUT2D eigenvalue weighted by Crippen LogP contribution is -2.46. The zero-order valence-corrected chi connectivity index (χ0v) is 14.5. The quantitative estimate of drug-likeness (QED) is 0.799. The minimum atomic E-state index is 0.558. The van der Waals surface area contributed by atoms with Gasteiger partial charge in [-0.25, -0.2) is 4.98 Å². The molecule has 1 fully saturated rings. The Balaban J connectivity index is 1.45. The maximum absolute atomic E-state index is 6.12. The molecule has 4 rings (SSSR count). The molecule has 25 heavy (non-hydrogen) atoms. The summed E-state index contributed by atoms with van der Waals surface area (Å²) in [7, 11) is 0. The number of hydrogen-bond donors (Lipinski definition) is 1. The van der Waals surface area contributed by atoms with E-state index in [1.807, 2.05) is 24.3 Å². The van der Waals surface area contributed by atoms with Crippen LogP contribution in [0.25, 0.3) is 10.9 Å². The summed E-state index contributed by atoms with van der Waals surface area (Å²) in [6.07, 6.45) is 0. The lowest BCUT2D eigenvalue weighted by atomic mass is 10.1. The molecule has 1 aliphatic rings. The fourth-order valence-corrected chi connectivity index (χ4v) is 3.40. The highest BCUT2D eigenvalue weighted by Gasteiger charge is 2.20. The third-order valence-corrected chi connectivity index (χ3v) is 4.76. The van der Waals surface area contributed by atoms with E-state index in [2.05, 4.69) is 46.0 Å². The van der Waals surface area contributed by atoms with Gasteiger partial charge in [0.1, 0.15) is 5.82 Å². The van der Waals surface area contributed by atoms with E-state index in [-0.39, 0.29) is 0 Å². The van der Waals surface area contributed by atoms with Gasteiger partial charge in [0.05, 0.1) is 5.52 Å². The van der Waals surface area contributed by atoms with Gasteiger partial charge in [0, 0.05) is 38.1 Å². The van der Waals surface area contributed by atoms with Crippen molar-refractivity contribution in [3.8, 4) is 0 Å². The van der Waals surface area contributed by atoms with E-state index in [1.165, 1.54) is 11.1 Å². The Hall–Kier alpha value is -2.66. The molecule has 0 spiro atoms. The lowest BCUT2D eigenvalue weighted by molar-refractivity contribution is 0.249. The summed E-state index contributed by atoms with van der Waals surface area (Å²) in [5.41, 5.74) is 9.72. The van der Waals surface area contributed by atoms with Gasteiger partial charge in [0.25, 0.3) is 0 Å². The maximum atomic E-state index is 6.12. The van der Waals surface area contributed by atoms with Gasteiger partial charge in [-0.2, -0.15) is 4.98 Å². The molecule has 5 heteroatoms. The summed E-state index contributed by atoms with van der Waals surface area (Å²) in [6, 6.07) is 16.6. The molecular weight excluding hydrogens is 310 g/mol. The molecule has 0 atom stereocenters. The first-order chi connectivity index (χ1) is 12.2. The Labute approximate surface area is 148 Å². The second-order valence-corrected chi connectivity index (χ2v) is 6.68. The first-order valence-corrected chi connectivity index (χ1v) is 8.74. The normalized spacial score (nSPS) is 15.6. The van der Waals surface area contributed by atoms with Gasteiger partial charge in [0.15, 0.2) is 0 Å². The molecule has 0 radical (unpaired) electrons. The number of piperazine rings is 1. The van der Waals surface area contributed by atoms with Crippen molar-refractivity contribution in [1.82, 2.24) is 14.9 Å². The molecule has 128 valence electrons. The van der Waals surface area contributed by atoms with E-state index in [0.717, 1.165) is 49.6 Å². The molecule has 0 unspecified atom stereocenters. The third kappa shape index (κ3) is 3.42. The van der Waals surface area contributed by atoms with Crippen LogP contribution < -0.4 is 10.6 Å². The van der Waals surface area contributed by atoms with E-state index in [4.69, 9.17) is 10.7 Å². The fraction of sp³-hybridized carbons (Fsp3) is 0.300. The SMILES string of the molecule is Cc1cccc(CN2CCN(c3nc(N)c4ccccc4n3)CC2)c1. The summed E-state index contributed by atoms with van der Waals surface area (Å²) < 4.78 is 0. The molecule has 0 bridgehead atoms. The van der Waals surface area contributed by atoms with Crippen LogP contribution in [0.5, 0.6) is 0 Å². The number of rotatable bonds is 3. The summed E-state index contributed by atoms with van der Waals surface area (Å²) in [6.45, 7) is 6.99. The van der Waals surface area contributed by atoms with Crippen molar-refractivity contribution >= 4 is 22.7 Å². The average Bonchev–Trinajstić information content (AvgIpc) is 2.62. The van der Waals surface area contributed by atoms with Crippen molar-refractivity contribution < 1.29 is 0 Å². The Morgan fingerprint density at radius 1 is 0.960 bits per heavy atom. The summed E-state index contributed by atoms with van der Waals surface area (Å²) >= 11 is 0. The van der Waals surface area contributed by atoms with E-state index in [9.17, 15) is 0 Å². The van der Waals surface area contributed by atoms with Gasteiger partial charge in [0.2, 0.25) is 5.95 Å². The Kier molecular flexibility index (Phi) is 4.24. The predicted molar refractivity (Wildman–Crippen MR) is 103 cm³/mol. The smallest absolute Gasteiger partial charge is 0.227 e. The summed E-state index contributed by atoms with van der Waals surface area (Å²) in [4.78, 5) is 13.9. The Morgan fingerprint density at radius 3 is 2.56 bits per heavy atom. The van der Waals surface area contributed by atoms with Crippen molar-refractivity contribution in [2.45, 2.75) is 13.5 Å². The second-order valence-electron chi connectivity index (χ2n) is 6.68. The van der Waals surface area contributed by atoms with Gasteiger partial charge in [-0.05, 0) is 24.6 Å². The van der Waals surface area contributed by atoms with Crippen LogP contribution in [0.2, 0.25) is 0 Å². The minimum absolute atomic E-state index is 0.558. The molecule has 5 nitrogen and oxygen atoms in total. The number of nitrogens with two attached hydrogens (primary N) is 1. The van der Waals surface area contributed by atoms with E-state index < -0.39 is 0 Å². The highest BCUT2D eigenvalue weighted by atomic mass is 15.3. The van der Waals surface area contributed by atoms with Crippen LogP contribution in [0.3, 0.4) is 0 Å². The zero-order chi connectivity index (χ0) is 17.2. The molecule has 2 heterocycles. The van der Waals surface area contributed by atoms with E-state index in [1.54, 1.807) is 0 Å². The summed E-state index contributed by atoms with van der Waals surface area (Å²) in [5, 5.41) is 0.921. The topological polar surface area (TPSA) is 58.3 Å². The lowest BCUT2D eigenvalue weighted by Gasteiger charge is -2.34. The molecule has 1 aromatic heterocycles. The first kappa shape index (κ1) is 15.8. The summed E-state index contributed by atoms with van der Waals surface area (Å²) in [5.74, 6) is 1.30. The monoisotopic (exact) mass is 333 g/mol. The third-order valence-electron chi connectivity index (χ3n) is 4.76. The van der Waals surface area contributed by atoms with Crippen LogP contribution in [0, 0.1) is 6.92 Å². The standard InChI is InChI=1S/C20H23N5/c1-15-5-4-6-16(13-15)14-24-9-11-25(12-10-24)20-22-18-8-3-2-7-17(18)19(21)23-20/h2-8,13H,9-12,14H2,1H3,(H2,21,22,23). The first-order valence-electron chi connectivity index (χ1n) is 8.74. The van der Waals surface area contributed by atoms with Crippen LogP contribution >= 0.6 is 0 Å². The number of fused-ring (bicyclic) bond motifs is 1. The molecule has 2 aromatic carbocycles. The van der Waals surface area contributed by atoms with Crippen molar-refractivity contribution in [2.24, 2.45) is 0 Å². The average molecular weight is 333 g/mol. The van der Waals surface area contributed by atoms with Gasteiger partial charge in [-0.3, -0.25) is 4.90 Å². The predicted octanol–water partition coefficient (Wildman–Crippen LogP) is 2.84. The molecule has 0 amide bonds. The van der Waals surface area contributed by atoms with Crippen molar-refractivity contribution in [3.05, 3.63) is 59.7 Å². The molecular formula is C20H23N5. The molecule has 0 saturated carbocycles. The van der Waals surface area contributed by atoms with Gasteiger partial charge < -0.3 is 10.6 Å². The second kappa shape index (κ2) is 6.69. The number of aryl methyl sites for hydroxylation is 1. The molecule has 0 aliphatic carbocycles. The largest absolute Gasteiger partial charge is 0.383 e.